The van der Waals surface area contributed by atoms with E-state index >= 15 is 0 Å². The molecule has 5 nitrogen and oxygen atoms in total. The summed E-state index contributed by atoms with van der Waals surface area (Å²) in [6.07, 6.45) is 6.90. The number of hydrogen-bond donors (Lipinski definition) is 3. The van der Waals surface area contributed by atoms with Crippen LogP contribution in [0.2, 0.25) is 0 Å². The van der Waals surface area contributed by atoms with E-state index in [4.69, 9.17) is 15.9 Å². The molecule has 2 aliphatic rings. The molecule has 0 aromatic carbocycles. The Kier molecular flexibility index (Phi) is 7.77. The largest absolute Gasteiger partial charge is 0.481 e. The number of hydrogen-bond acceptors (Lipinski definition) is 3. The fraction of sp³-hybridized carbons (Fsp3) is 0.913. The SMILES string of the molecule is CC(C)(C)C1CCC(N)(C(=O)O)CC1.CC1(C(=O)O)CCC(C(C)(C)C)CC1. The van der Waals surface area contributed by atoms with Crippen LogP contribution in [0.4, 0.5) is 0 Å². The summed E-state index contributed by atoms with van der Waals surface area (Å²) in [5.74, 6) is -0.164. The number of carboxylic acid groups (broad SMARTS) is 2. The third-order valence-corrected chi connectivity index (χ3v) is 7.36. The predicted molar refractivity (Wildman–Crippen MR) is 113 cm³/mol. The molecule has 5 heteroatoms. The van der Waals surface area contributed by atoms with Crippen LogP contribution in [0.3, 0.4) is 0 Å². The molecule has 2 fully saturated rings. The summed E-state index contributed by atoms with van der Waals surface area (Å²) in [5, 5.41) is 18.0. The summed E-state index contributed by atoms with van der Waals surface area (Å²) in [5.41, 5.74) is 5.01. The molecule has 2 saturated carbocycles. The van der Waals surface area contributed by atoms with Gasteiger partial charge in [0.2, 0.25) is 0 Å². The van der Waals surface area contributed by atoms with Crippen molar-refractivity contribution in [1.29, 1.82) is 0 Å². The van der Waals surface area contributed by atoms with E-state index in [1.807, 2.05) is 6.92 Å². The summed E-state index contributed by atoms with van der Waals surface area (Å²) >= 11 is 0. The van der Waals surface area contributed by atoms with Gasteiger partial charge in [-0.15, -0.1) is 0 Å². The maximum Gasteiger partial charge on any atom is 0.323 e. The molecule has 2 rings (SSSR count). The molecule has 0 heterocycles. The first-order valence-electron chi connectivity index (χ1n) is 10.8. The van der Waals surface area contributed by atoms with Gasteiger partial charge in [-0.25, -0.2) is 0 Å². The predicted octanol–water partition coefficient (Wildman–Crippen LogP) is 5.32. The average Bonchev–Trinajstić information content (AvgIpc) is 2.54. The minimum absolute atomic E-state index is 0.278. The number of carbonyl (C=O) groups is 2. The van der Waals surface area contributed by atoms with Gasteiger partial charge in [0.1, 0.15) is 5.54 Å². The van der Waals surface area contributed by atoms with Gasteiger partial charge in [0.25, 0.3) is 0 Å². The third kappa shape index (κ3) is 6.47. The molecule has 0 bridgehead atoms. The van der Waals surface area contributed by atoms with Gasteiger partial charge in [-0.2, -0.15) is 0 Å². The van der Waals surface area contributed by atoms with Gasteiger partial charge in [-0.1, -0.05) is 41.5 Å². The maximum absolute atomic E-state index is 11.0. The van der Waals surface area contributed by atoms with Gasteiger partial charge in [-0.3, -0.25) is 9.59 Å². The van der Waals surface area contributed by atoms with E-state index < -0.39 is 22.9 Å². The zero-order valence-corrected chi connectivity index (χ0v) is 19.1. The van der Waals surface area contributed by atoms with Crippen molar-refractivity contribution in [3.8, 4) is 0 Å². The van der Waals surface area contributed by atoms with Crippen LogP contribution in [0.15, 0.2) is 0 Å². The molecule has 164 valence electrons. The second kappa shape index (κ2) is 8.73. The van der Waals surface area contributed by atoms with Crippen molar-refractivity contribution in [1.82, 2.24) is 0 Å². The first-order chi connectivity index (χ1) is 12.5. The van der Waals surface area contributed by atoms with Crippen LogP contribution in [0.5, 0.6) is 0 Å². The molecule has 0 aromatic rings. The highest BCUT2D eigenvalue weighted by Gasteiger charge is 2.41. The van der Waals surface area contributed by atoms with E-state index in [1.54, 1.807) is 0 Å². The lowest BCUT2D eigenvalue weighted by Gasteiger charge is -2.40. The van der Waals surface area contributed by atoms with Crippen molar-refractivity contribution in [2.24, 2.45) is 33.8 Å². The van der Waals surface area contributed by atoms with Crippen molar-refractivity contribution < 1.29 is 19.8 Å². The summed E-state index contributed by atoms with van der Waals surface area (Å²) in [7, 11) is 0. The summed E-state index contributed by atoms with van der Waals surface area (Å²) in [6.45, 7) is 15.3. The van der Waals surface area contributed by atoms with Crippen molar-refractivity contribution in [2.75, 3.05) is 0 Å². The second-order valence-electron chi connectivity index (χ2n) is 11.6. The lowest BCUT2D eigenvalue weighted by atomic mass is 9.65. The van der Waals surface area contributed by atoms with Gasteiger partial charge >= 0.3 is 11.9 Å². The normalized spacial score (nSPS) is 34.1. The smallest absolute Gasteiger partial charge is 0.323 e. The zero-order chi connectivity index (χ0) is 22.0. The minimum Gasteiger partial charge on any atom is -0.481 e. The standard InChI is InChI=1S/C12H22O2.C11H21NO2/c1-11(2,3)9-5-7-12(4,8-6-9)10(13)14;1-10(2,3)8-4-6-11(12,7-5-8)9(13)14/h9H,5-8H2,1-4H3,(H,13,14);8H,4-7,12H2,1-3H3,(H,13,14). The van der Waals surface area contributed by atoms with Crippen LogP contribution < -0.4 is 5.73 Å². The molecule has 0 radical (unpaired) electrons. The Morgan fingerprint density at radius 2 is 1.07 bits per heavy atom. The molecule has 0 spiro atoms. The van der Waals surface area contributed by atoms with E-state index in [2.05, 4.69) is 41.5 Å². The summed E-state index contributed by atoms with van der Waals surface area (Å²) in [6, 6.07) is 0. The van der Waals surface area contributed by atoms with Crippen LogP contribution in [-0.4, -0.2) is 27.7 Å². The molecule has 0 aliphatic heterocycles. The van der Waals surface area contributed by atoms with Crippen LogP contribution >= 0.6 is 0 Å². The number of nitrogens with two attached hydrogens (primary N) is 1. The molecular formula is C23H43NO4. The highest BCUT2D eigenvalue weighted by Crippen LogP contribution is 2.45. The molecule has 0 aromatic heterocycles. The Bertz CT molecular complexity index is 490. The maximum atomic E-state index is 11.0. The highest BCUT2D eigenvalue weighted by molar-refractivity contribution is 5.78. The van der Waals surface area contributed by atoms with Crippen molar-refractivity contribution in [3.63, 3.8) is 0 Å². The molecule has 0 saturated heterocycles. The Balaban J connectivity index is 0.000000280. The number of carboxylic acids is 2. The monoisotopic (exact) mass is 397 g/mol. The molecule has 4 N–H and O–H groups in total. The van der Waals surface area contributed by atoms with Gasteiger partial charge in [-0.05, 0) is 81.0 Å². The molecular weight excluding hydrogens is 354 g/mol. The molecule has 28 heavy (non-hydrogen) atoms. The van der Waals surface area contributed by atoms with Gasteiger partial charge in [0.05, 0.1) is 5.41 Å². The fourth-order valence-electron chi connectivity index (χ4n) is 4.55. The molecule has 2 aliphatic carbocycles. The summed E-state index contributed by atoms with van der Waals surface area (Å²) in [4.78, 5) is 21.9. The van der Waals surface area contributed by atoms with Crippen LogP contribution in [0.1, 0.15) is 99.8 Å². The average molecular weight is 398 g/mol. The molecule has 0 amide bonds. The van der Waals surface area contributed by atoms with Crippen LogP contribution in [0, 0.1) is 28.1 Å². The number of aliphatic carboxylic acids is 2. The minimum atomic E-state index is -0.957. The molecule has 0 atom stereocenters. The Morgan fingerprint density at radius 3 is 1.32 bits per heavy atom. The van der Waals surface area contributed by atoms with Crippen LogP contribution in [-0.2, 0) is 9.59 Å². The third-order valence-electron chi connectivity index (χ3n) is 7.36. The zero-order valence-electron chi connectivity index (χ0n) is 19.1. The van der Waals surface area contributed by atoms with E-state index in [1.165, 1.54) is 0 Å². The first kappa shape index (κ1) is 24.9. The Hall–Kier alpha value is -1.10. The van der Waals surface area contributed by atoms with Gasteiger partial charge in [0.15, 0.2) is 0 Å². The van der Waals surface area contributed by atoms with Crippen molar-refractivity contribution in [2.45, 2.75) is 105 Å². The quantitative estimate of drug-likeness (QED) is 0.585. The van der Waals surface area contributed by atoms with Crippen molar-refractivity contribution in [3.05, 3.63) is 0 Å². The number of rotatable bonds is 2. The van der Waals surface area contributed by atoms with Crippen molar-refractivity contribution >= 4 is 11.9 Å². The topological polar surface area (TPSA) is 101 Å². The van der Waals surface area contributed by atoms with E-state index in [0.29, 0.717) is 30.1 Å². The Labute approximate surface area is 171 Å². The summed E-state index contributed by atoms with van der Waals surface area (Å²) < 4.78 is 0. The van der Waals surface area contributed by atoms with E-state index in [0.717, 1.165) is 38.5 Å². The van der Waals surface area contributed by atoms with E-state index in [-0.39, 0.29) is 5.41 Å². The van der Waals surface area contributed by atoms with Crippen LogP contribution in [0.25, 0.3) is 0 Å². The first-order valence-corrected chi connectivity index (χ1v) is 10.8. The Morgan fingerprint density at radius 1 is 0.750 bits per heavy atom. The van der Waals surface area contributed by atoms with Gasteiger partial charge < -0.3 is 15.9 Å². The second-order valence-corrected chi connectivity index (χ2v) is 11.6. The lowest BCUT2D eigenvalue weighted by molar-refractivity contribution is -0.151. The highest BCUT2D eigenvalue weighted by atomic mass is 16.4. The fourth-order valence-corrected chi connectivity index (χ4v) is 4.55. The van der Waals surface area contributed by atoms with E-state index in [9.17, 15) is 9.59 Å². The van der Waals surface area contributed by atoms with Gasteiger partial charge in [0, 0.05) is 0 Å². The lowest BCUT2D eigenvalue weighted by Crippen LogP contribution is -2.51. The molecule has 0 unspecified atom stereocenters.